The molecule has 1 fully saturated rings. The molecule has 2 heteroatoms. The molecule has 2 N–H and O–H groups in total. The van der Waals surface area contributed by atoms with E-state index in [4.69, 9.17) is 5.73 Å². The third-order valence-electron chi connectivity index (χ3n) is 2.71. The van der Waals surface area contributed by atoms with E-state index in [2.05, 4.69) is 11.1 Å². The van der Waals surface area contributed by atoms with Crippen molar-refractivity contribution in [3.05, 3.63) is 35.7 Å². The van der Waals surface area contributed by atoms with Gasteiger partial charge in [0.05, 0.1) is 5.69 Å². The van der Waals surface area contributed by atoms with Crippen LogP contribution in [0, 0.1) is 0 Å². The van der Waals surface area contributed by atoms with Crippen LogP contribution in [-0.2, 0) is 0 Å². The van der Waals surface area contributed by atoms with E-state index in [1.165, 1.54) is 5.57 Å². The van der Waals surface area contributed by atoms with Crippen molar-refractivity contribution in [2.24, 2.45) is 5.73 Å². The third-order valence-corrected chi connectivity index (χ3v) is 2.71. The van der Waals surface area contributed by atoms with Crippen LogP contribution in [0.4, 0.5) is 0 Å². The smallest absolute Gasteiger partial charge is 0.0629 e. The molecular formula is C12H16N2. The molecule has 14 heavy (non-hydrogen) atoms. The van der Waals surface area contributed by atoms with Gasteiger partial charge in [-0.15, -0.1) is 0 Å². The zero-order chi connectivity index (χ0) is 9.80. The summed E-state index contributed by atoms with van der Waals surface area (Å²) in [5.74, 6) is 0. The van der Waals surface area contributed by atoms with Crippen LogP contribution < -0.4 is 5.73 Å². The second kappa shape index (κ2) is 4.38. The molecule has 1 aromatic heterocycles. The Kier molecular flexibility index (Phi) is 2.94. The predicted octanol–water partition coefficient (Wildman–Crippen LogP) is 2.37. The van der Waals surface area contributed by atoms with Gasteiger partial charge in [0.15, 0.2) is 0 Å². The number of allylic oxidation sites excluding steroid dienone is 1. The molecule has 1 saturated carbocycles. The topological polar surface area (TPSA) is 38.9 Å². The lowest BCUT2D eigenvalue weighted by Gasteiger charge is -2.19. The molecule has 1 heterocycles. The van der Waals surface area contributed by atoms with Gasteiger partial charge in [-0.05, 0) is 43.9 Å². The summed E-state index contributed by atoms with van der Waals surface area (Å²) >= 11 is 0. The fraction of sp³-hybridized carbons (Fsp3) is 0.417. The molecule has 2 nitrogen and oxygen atoms in total. The van der Waals surface area contributed by atoms with Gasteiger partial charge in [0.1, 0.15) is 0 Å². The Labute approximate surface area is 84.9 Å². The fourth-order valence-electron chi connectivity index (χ4n) is 1.83. The Bertz CT molecular complexity index is 306. The second-order valence-corrected chi connectivity index (χ2v) is 3.89. The summed E-state index contributed by atoms with van der Waals surface area (Å²) < 4.78 is 0. The minimum atomic E-state index is 0.413. The first-order chi connectivity index (χ1) is 6.84. The summed E-state index contributed by atoms with van der Waals surface area (Å²) in [4.78, 5) is 4.28. The number of nitrogens with zero attached hydrogens (tertiary/aromatic N) is 1. The quantitative estimate of drug-likeness (QED) is 0.734. The normalized spacial score (nSPS) is 22.1. The molecule has 0 aromatic carbocycles. The van der Waals surface area contributed by atoms with E-state index in [9.17, 15) is 0 Å². The molecule has 0 unspecified atom stereocenters. The average molecular weight is 188 g/mol. The van der Waals surface area contributed by atoms with Crippen LogP contribution in [0.2, 0.25) is 0 Å². The van der Waals surface area contributed by atoms with Crippen LogP contribution in [0.5, 0.6) is 0 Å². The summed E-state index contributed by atoms with van der Waals surface area (Å²) in [6, 6.07) is 6.42. The zero-order valence-corrected chi connectivity index (χ0v) is 8.32. The van der Waals surface area contributed by atoms with Gasteiger partial charge in [-0.25, -0.2) is 0 Å². The zero-order valence-electron chi connectivity index (χ0n) is 8.32. The monoisotopic (exact) mass is 188 g/mol. The number of hydrogen-bond acceptors (Lipinski definition) is 2. The summed E-state index contributed by atoms with van der Waals surface area (Å²) in [7, 11) is 0. The molecule has 0 atom stereocenters. The molecule has 0 aliphatic heterocycles. The van der Waals surface area contributed by atoms with Gasteiger partial charge < -0.3 is 5.73 Å². The van der Waals surface area contributed by atoms with Gasteiger partial charge in [-0.3, -0.25) is 4.98 Å². The van der Waals surface area contributed by atoms with Crippen LogP contribution in [0.25, 0.3) is 6.08 Å². The first kappa shape index (κ1) is 9.41. The van der Waals surface area contributed by atoms with Crippen molar-refractivity contribution < 1.29 is 0 Å². The van der Waals surface area contributed by atoms with Crippen LogP contribution in [0.1, 0.15) is 31.4 Å². The van der Waals surface area contributed by atoms with Gasteiger partial charge in [0.25, 0.3) is 0 Å². The number of nitrogens with two attached hydrogens (primary N) is 1. The van der Waals surface area contributed by atoms with E-state index in [-0.39, 0.29) is 0 Å². The number of hydrogen-bond donors (Lipinski definition) is 1. The van der Waals surface area contributed by atoms with Crippen LogP contribution >= 0.6 is 0 Å². The van der Waals surface area contributed by atoms with E-state index in [1.54, 1.807) is 0 Å². The van der Waals surface area contributed by atoms with Gasteiger partial charge in [-0.2, -0.15) is 0 Å². The van der Waals surface area contributed by atoms with Crippen LogP contribution in [0.15, 0.2) is 30.0 Å². The Morgan fingerprint density at radius 2 is 2.07 bits per heavy atom. The molecule has 2 rings (SSSR count). The van der Waals surface area contributed by atoms with Crippen LogP contribution in [-0.4, -0.2) is 11.0 Å². The van der Waals surface area contributed by atoms with Crippen molar-refractivity contribution >= 4 is 6.08 Å². The largest absolute Gasteiger partial charge is 0.328 e. The first-order valence-electron chi connectivity index (χ1n) is 5.20. The van der Waals surface area contributed by atoms with Crippen molar-refractivity contribution in [3.63, 3.8) is 0 Å². The number of pyridine rings is 1. The van der Waals surface area contributed by atoms with Gasteiger partial charge in [0.2, 0.25) is 0 Å². The molecule has 74 valence electrons. The van der Waals surface area contributed by atoms with E-state index in [1.807, 2.05) is 24.4 Å². The average Bonchev–Trinajstić information content (AvgIpc) is 2.23. The molecular weight excluding hydrogens is 172 g/mol. The minimum absolute atomic E-state index is 0.413. The Morgan fingerprint density at radius 3 is 2.71 bits per heavy atom. The highest BCUT2D eigenvalue weighted by Crippen LogP contribution is 2.23. The summed E-state index contributed by atoms with van der Waals surface area (Å²) in [5.41, 5.74) is 8.41. The maximum absolute atomic E-state index is 5.85. The maximum atomic E-state index is 5.85. The Morgan fingerprint density at radius 1 is 1.29 bits per heavy atom. The summed E-state index contributed by atoms with van der Waals surface area (Å²) in [5, 5.41) is 0. The lowest BCUT2D eigenvalue weighted by molar-refractivity contribution is 0.514. The number of rotatable bonds is 1. The fourth-order valence-corrected chi connectivity index (χ4v) is 1.83. The van der Waals surface area contributed by atoms with Crippen molar-refractivity contribution in [1.82, 2.24) is 4.98 Å². The molecule has 0 bridgehead atoms. The van der Waals surface area contributed by atoms with Crippen LogP contribution in [0.3, 0.4) is 0 Å². The van der Waals surface area contributed by atoms with E-state index < -0.39 is 0 Å². The maximum Gasteiger partial charge on any atom is 0.0629 e. The Balaban J connectivity index is 2.05. The van der Waals surface area contributed by atoms with Crippen molar-refractivity contribution in [2.75, 3.05) is 0 Å². The van der Waals surface area contributed by atoms with Crippen molar-refractivity contribution in [3.8, 4) is 0 Å². The molecule has 1 aliphatic carbocycles. The standard InChI is InChI=1S/C12H16N2/c13-11-6-4-10(5-7-11)9-12-3-1-2-8-14-12/h1-3,8-9,11H,4-7,13H2. The van der Waals surface area contributed by atoms with E-state index in [0.29, 0.717) is 6.04 Å². The van der Waals surface area contributed by atoms with Gasteiger partial charge >= 0.3 is 0 Å². The minimum Gasteiger partial charge on any atom is -0.328 e. The molecule has 1 aliphatic rings. The predicted molar refractivity (Wildman–Crippen MR) is 58.7 cm³/mol. The highest BCUT2D eigenvalue weighted by atomic mass is 14.7. The SMILES string of the molecule is NC1CCC(=Cc2ccccn2)CC1. The first-order valence-corrected chi connectivity index (χ1v) is 5.20. The lowest BCUT2D eigenvalue weighted by atomic mass is 9.91. The van der Waals surface area contributed by atoms with Crippen molar-refractivity contribution in [1.29, 1.82) is 0 Å². The van der Waals surface area contributed by atoms with Gasteiger partial charge in [0, 0.05) is 12.2 Å². The highest BCUT2D eigenvalue weighted by molar-refractivity contribution is 5.48. The molecule has 0 radical (unpaired) electrons. The summed E-state index contributed by atoms with van der Waals surface area (Å²) in [6.45, 7) is 0. The van der Waals surface area contributed by atoms with Gasteiger partial charge in [-0.1, -0.05) is 11.6 Å². The summed E-state index contributed by atoms with van der Waals surface area (Å²) in [6.07, 6.45) is 8.56. The lowest BCUT2D eigenvalue weighted by Crippen LogP contribution is -2.23. The highest BCUT2D eigenvalue weighted by Gasteiger charge is 2.12. The third kappa shape index (κ3) is 2.42. The second-order valence-electron chi connectivity index (χ2n) is 3.89. The molecule has 1 aromatic rings. The van der Waals surface area contributed by atoms with E-state index >= 15 is 0 Å². The van der Waals surface area contributed by atoms with Crippen molar-refractivity contribution in [2.45, 2.75) is 31.7 Å². The van der Waals surface area contributed by atoms with E-state index in [0.717, 1.165) is 31.4 Å². The molecule has 0 saturated heterocycles. The number of aromatic nitrogens is 1. The Hall–Kier alpha value is -1.15. The molecule has 0 spiro atoms. The molecule has 0 amide bonds.